The van der Waals surface area contributed by atoms with Crippen LogP contribution in [0.2, 0.25) is 0 Å². The van der Waals surface area contributed by atoms with Crippen LogP contribution < -0.4 is 10.6 Å². The third-order valence-electron chi connectivity index (χ3n) is 7.52. The van der Waals surface area contributed by atoms with Crippen molar-refractivity contribution in [1.82, 2.24) is 15.5 Å². The average molecular weight is 594 g/mol. The fourth-order valence-corrected chi connectivity index (χ4v) is 5.12. The van der Waals surface area contributed by atoms with Crippen molar-refractivity contribution in [3.8, 4) is 0 Å². The molecule has 2 atom stereocenters. The Morgan fingerprint density at radius 1 is 0.884 bits per heavy atom. The molecule has 3 aromatic carbocycles. The largest absolute Gasteiger partial charge is 0.390 e. The minimum Gasteiger partial charge on any atom is -0.390 e. The van der Waals surface area contributed by atoms with Gasteiger partial charge in [-0.05, 0) is 78.8 Å². The van der Waals surface area contributed by atoms with E-state index in [0.717, 1.165) is 49.3 Å². The zero-order valence-corrected chi connectivity index (χ0v) is 25.8. The van der Waals surface area contributed by atoms with Gasteiger partial charge in [0.1, 0.15) is 11.6 Å². The Morgan fingerprint density at radius 3 is 2.28 bits per heavy atom. The number of amides is 2. The molecule has 0 aliphatic heterocycles. The highest BCUT2D eigenvalue weighted by atomic mass is 19.1. The van der Waals surface area contributed by atoms with E-state index < -0.39 is 29.7 Å². The van der Waals surface area contributed by atoms with Crippen molar-refractivity contribution in [2.24, 2.45) is 0 Å². The van der Waals surface area contributed by atoms with Crippen LogP contribution in [-0.2, 0) is 19.4 Å². The third-order valence-corrected chi connectivity index (χ3v) is 7.52. The standard InChI is InChI=1S/C35H45F2N3O3/c1-5-7-8-9-13-40(4)35(43)29-15-24(3)14-28(20-29)34(42)39-32(19-27-17-30(36)21-31(37)18-27)33(41)23-38-22-26-12-10-11-25(6-2)16-26/h10-12,14-18,20-21,32-33,38,41H,5-9,13,19,22-23H2,1-4H3,(H,39,42)/t32-,33+/m0/s1. The molecule has 3 aromatic rings. The number of carbonyl (C=O) groups excluding carboxylic acids is 2. The Bertz CT molecular complexity index is 1340. The number of hydrogen-bond donors (Lipinski definition) is 3. The number of halogens is 2. The first-order valence-electron chi connectivity index (χ1n) is 15.2. The highest BCUT2D eigenvalue weighted by molar-refractivity contribution is 6.00. The quantitative estimate of drug-likeness (QED) is 0.179. The molecule has 0 aliphatic rings. The van der Waals surface area contributed by atoms with Crippen LogP contribution in [0.25, 0.3) is 0 Å². The summed E-state index contributed by atoms with van der Waals surface area (Å²) in [6, 6.07) is 15.4. The molecular formula is C35H45F2N3O3. The second-order valence-electron chi connectivity index (χ2n) is 11.3. The minimum atomic E-state index is -1.06. The predicted octanol–water partition coefficient (Wildman–Crippen LogP) is 5.98. The van der Waals surface area contributed by atoms with Crippen LogP contribution in [-0.4, -0.2) is 54.1 Å². The smallest absolute Gasteiger partial charge is 0.253 e. The van der Waals surface area contributed by atoms with Crippen LogP contribution in [0.3, 0.4) is 0 Å². The van der Waals surface area contributed by atoms with E-state index in [9.17, 15) is 23.5 Å². The monoisotopic (exact) mass is 593 g/mol. The molecule has 0 aliphatic carbocycles. The first kappa shape index (κ1) is 33.9. The van der Waals surface area contributed by atoms with E-state index in [1.807, 2.05) is 19.1 Å². The number of carbonyl (C=O) groups is 2. The van der Waals surface area contributed by atoms with Gasteiger partial charge < -0.3 is 20.6 Å². The average Bonchev–Trinajstić information content (AvgIpc) is 2.97. The molecule has 0 saturated heterocycles. The van der Waals surface area contributed by atoms with E-state index in [1.54, 1.807) is 30.1 Å². The zero-order chi connectivity index (χ0) is 31.4. The molecule has 3 N–H and O–H groups in total. The summed E-state index contributed by atoms with van der Waals surface area (Å²) in [4.78, 5) is 28.3. The van der Waals surface area contributed by atoms with Gasteiger partial charge in [-0.15, -0.1) is 0 Å². The summed E-state index contributed by atoms with van der Waals surface area (Å²) < 4.78 is 27.9. The van der Waals surface area contributed by atoms with Gasteiger partial charge in [0.05, 0.1) is 12.1 Å². The number of aliphatic hydroxyl groups excluding tert-OH is 1. The summed E-state index contributed by atoms with van der Waals surface area (Å²) in [5, 5.41) is 17.2. The molecule has 3 rings (SSSR count). The number of aliphatic hydroxyl groups is 1. The lowest BCUT2D eigenvalue weighted by atomic mass is 9.99. The molecule has 6 nitrogen and oxygen atoms in total. The fourth-order valence-electron chi connectivity index (χ4n) is 5.12. The molecule has 0 spiro atoms. The fraction of sp³-hybridized carbons (Fsp3) is 0.429. The number of unbranched alkanes of at least 4 members (excludes halogenated alkanes) is 3. The van der Waals surface area contributed by atoms with E-state index in [-0.39, 0.29) is 24.4 Å². The zero-order valence-electron chi connectivity index (χ0n) is 25.8. The number of rotatable bonds is 16. The Labute approximate surface area is 254 Å². The van der Waals surface area contributed by atoms with Crippen LogP contribution in [0.1, 0.15) is 82.5 Å². The van der Waals surface area contributed by atoms with Gasteiger partial charge in [0.25, 0.3) is 11.8 Å². The van der Waals surface area contributed by atoms with Gasteiger partial charge in [0.2, 0.25) is 0 Å². The molecule has 0 fully saturated rings. The highest BCUT2D eigenvalue weighted by Crippen LogP contribution is 2.16. The van der Waals surface area contributed by atoms with Crippen molar-refractivity contribution >= 4 is 11.8 Å². The lowest BCUT2D eigenvalue weighted by Crippen LogP contribution is -2.48. The van der Waals surface area contributed by atoms with Gasteiger partial charge in [-0.3, -0.25) is 9.59 Å². The van der Waals surface area contributed by atoms with Crippen molar-refractivity contribution < 1.29 is 23.5 Å². The normalized spacial score (nSPS) is 12.5. The van der Waals surface area contributed by atoms with Crippen molar-refractivity contribution in [2.75, 3.05) is 20.1 Å². The van der Waals surface area contributed by atoms with E-state index >= 15 is 0 Å². The van der Waals surface area contributed by atoms with Crippen LogP contribution in [0, 0.1) is 18.6 Å². The molecule has 0 unspecified atom stereocenters. The molecule has 2 amide bonds. The minimum absolute atomic E-state index is 0.00663. The van der Waals surface area contributed by atoms with Crippen molar-refractivity contribution in [1.29, 1.82) is 0 Å². The molecule has 8 heteroatoms. The lowest BCUT2D eigenvalue weighted by molar-refractivity contribution is 0.0792. The molecule has 0 saturated carbocycles. The van der Waals surface area contributed by atoms with E-state index in [1.165, 1.54) is 17.7 Å². The van der Waals surface area contributed by atoms with Crippen LogP contribution in [0.4, 0.5) is 8.78 Å². The summed E-state index contributed by atoms with van der Waals surface area (Å²) in [5.74, 6) is -2.12. The summed E-state index contributed by atoms with van der Waals surface area (Å²) in [6.45, 7) is 7.31. The van der Waals surface area contributed by atoms with Crippen LogP contribution >= 0.6 is 0 Å². The maximum absolute atomic E-state index is 14.0. The molecule has 0 aromatic heterocycles. The second kappa shape index (κ2) is 16.9. The predicted molar refractivity (Wildman–Crippen MR) is 167 cm³/mol. The van der Waals surface area contributed by atoms with Gasteiger partial charge in [-0.1, -0.05) is 57.4 Å². The molecule has 43 heavy (non-hydrogen) atoms. The van der Waals surface area contributed by atoms with Gasteiger partial charge in [0, 0.05) is 43.9 Å². The molecule has 0 radical (unpaired) electrons. The summed E-state index contributed by atoms with van der Waals surface area (Å²) in [5.41, 5.74) is 4.00. The first-order chi connectivity index (χ1) is 20.6. The highest BCUT2D eigenvalue weighted by Gasteiger charge is 2.24. The number of nitrogens with zero attached hydrogens (tertiary/aromatic N) is 1. The number of nitrogens with one attached hydrogen (secondary N) is 2. The first-order valence-corrected chi connectivity index (χ1v) is 15.2. The maximum Gasteiger partial charge on any atom is 0.253 e. The molecule has 232 valence electrons. The summed E-state index contributed by atoms with van der Waals surface area (Å²) >= 11 is 0. The second-order valence-corrected chi connectivity index (χ2v) is 11.3. The molecule has 0 heterocycles. The summed E-state index contributed by atoms with van der Waals surface area (Å²) in [7, 11) is 1.76. The summed E-state index contributed by atoms with van der Waals surface area (Å²) in [6.07, 6.45) is 4.05. The number of hydrogen-bond acceptors (Lipinski definition) is 4. The lowest BCUT2D eigenvalue weighted by Gasteiger charge is -2.25. The van der Waals surface area contributed by atoms with E-state index in [0.29, 0.717) is 24.2 Å². The Balaban J connectivity index is 1.75. The Kier molecular flexibility index (Phi) is 13.3. The van der Waals surface area contributed by atoms with Gasteiger partial charge in [-0.2, -0.15) is 0 Å². The van der Waals surface area contributed by atoms with Crippen molar-refractivity contribution in [3.05, 3.63) is 106 Å². The third kappa shape index (κ3) is 10.9. The van der Waals surface area contributed by atoms with Crippen LogP contribution in [0.5, 0.6) is 0 Å². The van der Waals surface area contributed by atoms with Crippen molar-refractivity contribution in [3.63, 3.8) is 0 Å². The number of benzene rings is 3. The van der Waals surface area contributed by atoms with Crippen molar-refractivity contribution in [2.45, 2.75) is 78.0 Å². The SMILES string of the molecule is CCCCCCN(C)C(=O)c1cc(C)cc(C(=O)N[C@@H](Cc2cc(F)cc(F)c2)[C@H](O)CNCc2cccc(CC)c2)c1. The molecule has 0 bridgehead atoms. The van der Waals surface area contributed by atoms with Gasteiger partial charge >= 0.3 is 0 Å². The topological polar surface area (TPSA) is 81.7 Å². The van der Waals surface area contributed by atoms with Crippen LogP contribution in [0.15, 0.2) is 60.7 Å². The van der Waals surface area contributed by atoms with E-state index in [4.69, 9.17) is 0 Å². The number of aryl methyl sites for hydroxylation is 2. The maximum atomic E-state index is 14.0. The Morgan fingerprint density at radius 2 is 1.58 bits per heavy atom. The van der Waals surface area contributed by atoms with E-state index in [2.05, 4.69) is 36.6 Å². The van der Waals surface area contributed by atoms with Gasteiger partial charge in [0.15, 0.2) is 0 Å². The molecular weight excluding hydrogens is 548 g/mol. The van der Waals surface area contributed by atoms with Gasteiger partial charge in [-0.25, -0.2) is 8.78 Å². The Hall–Kier alpha value is -3.62.